The zero-order chi connectivity index (χ0) is 11.7. The van der Waals surface area contributed by atoms with Crippen molar-refractivity contribution in [2.24, 2.45) is 0 Å². The van der Waals surface area contributed by atoms with Gasteiger partial charge in [-0.25, -0.2) is 0 Å². The summed E-state index contributed by atoms with van der Waals surface area (Å²) in [6.45, 7) is 7.23. The normalized spacial score (nSPS) is 23.8. The lowest BCUT2D eigenvalue weighted by Crippen LogP contribution is -2.31. The van der Waals surface area contributed by atoms with E-state index in [1.165, 1.54) is 11.1 Å². The first-order chi connectivity index (χ1) is 7.61. The smallest absolute Gasteiger partial charge is 0.143 e. The van der Waals surface area contributed by atoms with E-state index in [4.69, 9.17) is 16.3 Å². The van der Waals surface area contributed by atoms with Gasteiger partial charge in [-0.15, -0.1) is 0 Å². The van der Waals surface area contributed by atoms with Crippen molar-refractivity contribution >= 4 is 11.6 Å². The van der Waals surface area contributed by atoms with Crippen molar-refractivity contribution in [3.05, 3.63) is 28.3 Å². The van der Waals surface area contributed by atoms with Crippen LogP contribution >= 0.6 is 11.6 Å². The summed E-state index contributed by atoms with van der Waals surface area (Å²) >= 11 is 6.23. The molecule has 0 aliphatic carbocycles. The van der Waals surface area contributed by atoms with Crippen LogP contribution in [0.1, 0.15) is 37.4 Å². The van der Waals surface area contributed by atoms with E-state index in [0.29, 0.717) is 6.04 Å². The summed E-state index contributed by atoms with van der Waals surface area (Å²) in [7, 11) is 0. The predicted octanol–water partition coefficient (Wildman–Crippen LogP) is 3.47. The summed E-state index contributed by atoms with van der Waals surface area (Å²) in [5, 5.41) is 4.21. The third-order valence-electron chi connectivity index (χ3n) is 2.93. The van der Waals surface area contributed by atoms with E-state index in [0.717, 1.165) is 23.7 Å². The van der Waals surface area contributed by atoms with Crippen molar-refractivity contribution in [1.82, 2.24) is 5.32 Å². The maximum atomic E-state index is 6.23. The molecule has 0 amide bonds. The lowest BCUT2D eigenvalue weighted by atomic mass is 9.95. The molecular formula is C13H18ClNO. The van der Waals surface area contributed by atoms with Crippen LogP contribution in [0.25, 0.3) is 0 Å². The van der Waals surface area contributed by atoms with E-state index in [9.17, 15) is 0 Å². The number of nitrogens with one attached hydrogen (secondary N) is 1. The molecule has 0 saturated carbocycles. The Morgan fingerprint density at radius 2 is 2.25 bits per heavy atom. The van der Waals surface area contributed by atoms with Crippen LogP contribution in [0.3, 0.4) is 0 Å². The summed E-state index contributed by atoms with van der Waals surface area (Å²) in [5.74, 6) is 0.858. The Kier molecular flexibility index (Phi) is 3.41. The van der Waals surface area contributed by atoms with E-state index < -0.39 is 0 Å². The maximum Gasteiger partial charge on any atom is 0.143 e. The molecule has 1 heterocycles. The van der Waals surface area contributed by atoms with Gasteiger partial charge in [0.1, 0.15) is 5.75 Å². The Bertz CT molecular complexity index is 392. The van der Waals surface area contributed by atoms with Gasteiger partial charge < -0.3 is 10.1 Å². The fraction of sp³-hybridized carbons (Fsp3) is 0.538. The molecule has 0 saturated heterocycles. The molecule has 16 heavy (non-hydrogen) atoms. The summed E-state index contributed by atoms with van der Waals surface area (Å²) in [5.41, 5.74) is 2.38. The molecule has 1 aromatic carbocycles. The zero-order valence-corrected chi connectivity index (χ0v) is 10.8. The number of hydrogen-bond acceptors (Lipinski definition) is 2. The van der Waals surface area contributed by atoms with Crippen LogP contribution in [0.15, 0.2) is 12.1 Å². The first-order valence-corrected chi connectivity index (χ1v) is 6.19. The average Bonchev–Trinajstić information content (AvgIpc) is 2.20. The van der Waals surface area contributed by atoms with E-state index in [-0.39, 0.29) is 6.10 Å². The first kappa shape index (κ1) is 11.7. The minimum atomic E-state index is 0.219. The number of halogens is 1. The fourth-order valence-electron chi connectivity index (χ4n) is 2.29. The number of aryl methyl sites for hydroxylation is 1. The van der Waals surface area contributed by atoms with Crippen molar-refractivity contribution in [2.75, 3.05) is 6.54 Å². The molecule has 2 unspecified atom stereocenters. The molecule has 3 heteroatoms. The van der Waals surface area contributed by atoms with Crippen molar-refractivity contribution in [2.45, 2.75) is 39.3 Å². The number of hydrogen-bond donors (Lipinski definition) is 1. The number of benzene rings is 1. The van der Waals surface area contributed by atoms with Gasteiger partial charge in [-0.05, 0) is 32.0 Å². The largest absolute Gasteiger partial charge is 0.489 e. The molecular weight excluding hydrogens is 222 g/mol. The predicted molar refractivity (Wildman–Crippen MR) is 67.3 cm³/mol. The first-order valence-electron chi connectivity index (χ1n) is 5.82. The van der Waals surface area contributed by atoms with Crippen molar-refractivity contribution < 1.29 is 4.74 Å². The average molecular weight is 240 g/mol. The minimum absolute atomic E-state index is 0.219. The Morgan fingerprint density at radius 3 is 2.94 bits per heavy atom. The lowest BCUT2D eigenvalue weighted by Gasteiger charge is -2.31. The minimum Gasteiger partial charge on any atom is -0.489 e. The second-order valence-electron chi connectivity index (χ2n) is 4.44. The molecule has 0 aromatic heterocycles. The van der Waals surface area contributed by atoms with E-state index in [2.05, 4.69) is 32.2 Å². The zero-order valence-electron chi connectivity index (χ0n) is 10.0. The molecule has 2 nitrogen and oxygen atoms in total. The molecule has 0 spiro atoms. The Morgan fingerprint density at radius 1 is 1.50 bits per heavy atom. The topological polar surface area (TPSA) is 21.3 Å². The fourth-order valence-corrected chi connectivity index (χ4v) is 2.61. The van der Waals surface area contributed by atoms with Crippen molar-refractivity contribution in [3.63, 3.8) is 0 Å². The number of fused-ring (bicyclic) bond motifs is 1. The molecule has 1 aliphatic rings. The number of rotatable bonds is 2. The third kappa shape index (κ3) is 2.18. The van der Waals surface area contributed by atoms with Crippen LogP contribution in [0.2, 0.25) is 5.02 Å². The van der Waals surface area contributed by atoms with Gasteiger partial charge in [-0.1, -0.05) is 24.6 Å². The van der Waals surface area contributed by atoms with Gasteiger partial charge in [0.15, 0.2) is 0 Å². The van der Waals surface area contributed by atoms with E-state index in [1.54, 1.807) is 0 Å². The second-order valence-corrected chi connectivity index (χ2v) is 4.85. The van der Waals surface area contributed by atoms with Crippen LogP contribution in [0, 0.1) is 6.92 Å². The van der Waals surface area contributed by atoms with Gasteiger partial charge in [0.05, 0.1) is 11.1 Å². The van der Waals surface area contributed by atoms with Gasteiger partial charge in [0, 0.05) is 18.0 Å². The number of ether oxygens (including phenoxy) is 1. The maximum absolute atomic E-state index is 6.23. The van der Waals surface area contributed by atoms with E-state index in [1.807, 2.05) is 6.07 Å². The van der Waals surface area contributed by atoms with Crippen molar-refractivity contribution in [3.8, 4) is 5.75 Å². The summed E-state index contributed by atoms with van der Waals surface area (Å²) in [6.07, 6.45) is 1.22. The molecule has 1 N–H and O–H groups in total. The molecule has 0 bridgehead atoms. The van der Waals surface area contributed by atoms with Gasteiger partial charge >= 0.3 is 0 Å². The highest BCUT2D eigenvalue weighted by molar-refractivity contribution is 6.32. The quantitative estimate of drug-likeness (QED) is 0.853. The van der Waals surface area contributed by atoms with E-state index >= 15 is 0 Å². The van der Waals surface area contributed by atoms with Gasteiger partial charge in [0.2, 0.25) is 0 Å². The molecule has 0 fully saturated rings. The monoisotopic (exact) mass is 239 g/mol. The van der Waals surface area contributed by atoms with Crippen molar-refractivity contribution in [1.29, 1.82) is 0 Å². The summed E-state index contributed by atoms with van der Waals surface area (Å²) in [4.78, 5) is 0. The molecule has 1 aliphatic heterocycles. The Labute approximate surface area is 102 Å². The molecule has 0 radical (unpaired) electrons. The molecule has 2 atom stereocenters. The standard InChI is InChI=1S/C13H18ClNO/c1-4-15-12-7-9(3)16-13-10(12)5-8(2)6-11(13)14/h5-6,9,12,15H,4,7H2,1-3H3. The van der Waals surface area contributed by atoms with Gasteiger partial charge in [-0.2, -0.15) is 0 Å². The third-order valence-corrected chi connectivity index (χ3v) is 3.21. The van der Waals surface area contributed by atoms with Gasteiger partial charge in [0.25, 0.3) is 0 Å². The second kappa shape index (κ2) is 4.64. The van der Waals surface area contributed by atoms with Crippen LogP contribution < -0.4 is 10.1 Å². The molecule has 88 valence electrons. The van der Waals surface area contributed by atoms with Crippen LogP contribution in [-0.2, 0) is 0 Å². The van der Waals surface area contributed by atoms with Crippen LogP contribution in [-0.4, -0.2) is 12.6 Å². The van der Waals surface area contributed by atoms with Crippen LogP contribution in [0.4, 0.5) is 0 Å². The highest BCUT2D eigenvalue weighted by Crippen LogP contribution is 2.40. The highest BCUT2D eigenvalue weighted by atomic mass is 35.5. The lowest BCUT2D eigenvalue weighted by molar-refractivity contribution is 0.167. The highest BCUT2D eigenvalue weighted by Gasteiger charge is 2.27. The molecule has 1 aromatic rings. The van der Waals surface area contributed by atoms with Crippen LogP contribution in [0.5, 0.6) is 5.75 Å². The van der Waals surface area contributed by atoms with Gasteiger partial charge in [-0.3, -0.25) is 0 Å². The summed E-state index contributed by atoms with van der Waals surface area (Å²) < 4.78 is 5.82. The summed E-state index contributed by atoms with van der Waals surface area (Å²) in [6, 6.07) is 4.49. The Hall–Kier alpha value is -0.730. The Balaban J connectivity index is 2.43. The molecule has 2 rings (SSSR count). The SMILES string of the molecule is CCNC1CC(C)Oc2c(Cl)cc(C)cc21.